The smallest absolute Gasteiger partial charge is 0.303 e. The molecule has 2 rings (SSSR count). The van der Waals surface area contributed by atoms with Gasteiger partial charge in [-0.15, -0.1) is 0 Å². The highest BCUT2D eigenvalue weighted by Gasteiger charge is 2.40. The minimum atomic E-state index is -1.76. The van der Waals surface area contributed by atoms with Crippen molar-refractivity contribution in [2.75, 3.05) is 32.8 Å². The molecular weight excluding hydrogens is 1290 g/mol. The number of Topliss-reactive ketones (excluding diaryl/α,β-unsaturated/α-hetero) is 6. The van der Waals surface area contributed by atoms with Crippen LogP contribution in [0, 0.1) is 29.6 Å². The molecule has 1 unspecified atom stereocenters. The zero-order chi connectivity index (χ0) is 73.9. The number of ketones is 6. The van der Waals surface area contributed by atoms with Crippen LogP contribution in [0.15, 0.2) is 29.3 Å². The third kappa shape index (κ3) is 33.0. The monoisotopic (exact) mass is 1380 g/mol. The van der Waals surface area contributed by atoms with E-state index in [0.29, 0.717) is 17.5 Å². The van der Waals surface area contributed by atoms with Crippen LogP contribution in [0.3, 0.4) is 0 Å². The Labute approximate surface area is 566 Å². The summed E-state index contributed by atoms with van der Waals surface area (Å²) in [6, 6.07) is -2.06. The van der Waals surface area contributed by atoms with Gasteiger partial charge in [0.1, 0.15) is 30.3 Å². The average molecular weight is 1390 g/mol. The number of aliphatic imine (C=N–C) groups is 1. The number of carbonyl (C=O) groups excluding carboxylic acids is 12. The number of amides is 6. The topological polar surface area (TPSA) is 554 Å². The predicted molar refractivity (Wildman–Crippen MR) is 347 cm³/mol. The lowest BCUT2D eigenvalue weighted by molar-refractivity contribution is -0.142. The van der Waals surface area contributed by atoms with Crippen molar-refractivity contribution >= 4 is 106 Å². The zero-order valence-corrected chi connectivity index (χ0v) is 56.0. The highest BCUT2D eigenvalue weighted by molar-refractivity contribution is 5.99. The molecule has 33 nitrogen and oxygen atoms in total. The second-order valence-electron chi connectivity index (χ2n) is 24.9. The first-order chi connectivity index (χ1) is 46.0. The number of carboxylic acids is 5. The summed E-state index contributed by atoms with van der Waals surface area (Å²) in [6.45, 7) is 6.96. The maximum Gasteiger partial charge on any atom is 0.303 e. The van der Waals surface area contributed by atoms with Crippen LogP contribution in [0.2, 0.25) is 0 Å². The molecule has 0 spiro atoms. The number of nitrogens with zero attached hydrogens (tertiary/aromatic N) is 2. The van der Waals surface area contributed by atoms with Crippen LogP contribution >= 0.6 is 0 Å². The minimum absolute atomic E-state index is 0.00566. The first-order valence-electron chi connectivity index (χ1n) is 32.5. The van der Waals surface area contributed by atoms with Gasteiger partial charge in [-0.25, -0.2) is 0 Å². The standard InChI is InChI=1S/C65H96N10O23/c1-35(2)28-48(51(79)29-36(3)37(4)76)74-63(96)49-9-7-26-75(49)64(97)47(8-6-24-70-65(67)68)71-54(82)34-98-27-25-69-60(93)43(30-39-10-12-40(13-11-39)38(5)77)33-53(81)46(18-23-59(91)92)73-62(95)42(15-20-56(85)86)32-52(80)45(17-22-58(89)90)72-61(94)41(14-19-55(83)84)31-50(78)44(66)16-21-57(87)88/h10-13,35-36,41-49H,6-9,14-34,66H2,1-5H3,(H,69,93)(H,71,82)(H,72,94)(H,73,95)(H,74,96)(H,83,84)(H,85,86)(H,87,88)(H,89,90)(H,91,92)(H4,67,68,70)/t36-,41+,42+,43?,44-,45-,46-,47+,48+,49+/m1/s1. The molecule has 1 heterocycles. The average Bonchev–Trinajstić information content (AvgIpc) is 1.61. The van der Waals surface area contributed by atoms with Gasteiger partial charge in [0.25, 0.3) is 0 Å². The fourth-order valence-electron chi connectivity index (χ4n) is 10.7. The van der Waals surface area contributed by atoms with Gasteiger partial charge in [0.15, 0.2) is 29.1 Å². The van der Waals surface area contributed by atoms with Crippen molar-refractivity contribution in [3.8, 4) is 0 Å². The third-order valence-electron chi connectivity index (χ3n) is 16.3. The summed E-state index contributed by atoms with van der Waals surface area (Å²) in [7, 11) is 0. The SMILES string of the molecule is CC(=O)c1ccc(CC(CC(=O)[C@@H](CCC(=O)O)NC(=O)[C@@H](CCC(=O)O)CC(=O)[C@@H](CCC(=O)O)NC(=O)[C@@H](CCC(=O)O)CC(=O)[C@H](N)CCC(=O)O)C(=O)NCCOCC(=O)N[C@@H](CCCN=C(N)N)C(=O)N2CCC[C@H]2C(=O)N[C@@H](CC(C)C)C(=O)C[C@@H](C)C(C)=O)cc1. The van der Waals surface area contributed by atoms with Gasteiger partial charge >= 0.3 is 29.8 Å². The zero-order valence-electron chi connectivity index (χ0n) is 56.0. The van der Waals surface area contributed by atoms with E-state index in [1.165, 1.54) is 43.0 Å². The molecule has 0 aromatic heterocycles. The van der Waals surface area contributed by atoms with E-state index in [1.807, 2.05) is 13.8 Å². The molecule has 1 fully saturated rings. The summed E-state index contributed by atoms with van der Waals surface area (Å²) in [6.07, 6.45) is -7.69. The Bertz CT molecular complexity index is 3040. The van der Waals surface area contributed by atoms with Gasteiger partial charge in [-0.05, 0) is 96.0 Å². The lowest BCUT2D eigenvalue weighted by atomic mass is 9.88. The number of carboxylic acid groups (broad SMARTS) is 5. The Balaban J connectivity index is 2.41. The quantitative estimate of drug-likeness (QED) is 0.0179. The van der Waals surface area contributed by atoms with Crippen LogP contribution in [0.25, 0.3) is 0 Å². The molecule has 1 aliphatic heterocycles. The fraction of sp³-hybridized carbons (Fsp3) is 0.631. The number of likely N-dealkylation sites (tertiary alicyclic amines) is 1. The van der Waals surface area contributed by atoms with Crippen LogP contribution in [0.1, 0.15) is 173 Å². The number of hydrogen-bond acceptors (Lipinski definition) is 20. The van der Waals surface area contributed by atoms with Gasteiger partial charge in [-0.2, -0.15) is 0 Å². The molecule has 0 aliphatic carbocycles. The van der Waals surface area contributed by atoms with Gasteiger partial charge in [0.05, 0.1) is 30.8 Å². The number of carbonyl (C=O) groups is 17. The summed E-state index contributed by atoms with van der Waals surface area (Å²) in [5.41, 5.74) is 17.6. The van der Waals surface area contributed by atoms with E-state index in [-0.39, 0.29) is 100 Å². The molecule has 10 atom stereocenters. The molecule has 1 aromatic carbocycles. The van der Waals surface area contributed by atoms with Crippen molar-refractivity contribution in [3.05, 3.63) is 35.4 Å². The summed E-state index contributed by atoms with van der Waals surface area (Å²) in [5.74, 6) is -21.0. The Kier molecular flexibility index (Phi) is 37.8. The maximum absolute atomic E-state index is 14.4. The van der Waals surface area contributed by atoms with Crippen molar-refractivity contribution in [1.29, 1.82) is 0 Å². The molecule has 98 heavy (non-hydrogen) atoms. The van der Waals surface area contributed by atoms with Gasteiger partial charge in [-0.3, -0.25) is 86.5 Å². The lowest BCUT2D eigenvalue weighted by Crippen LogP contribution is -2.55. The van der Waals surface area contributed by atoms with Crippen LogP contribution in [0.5, 0.6) is 0 Å². The first-order valence-corrected chi connectivity index (χ1v) is 32.5. The third-order valence-corrected chi connectivity index (χ3v) is 16.3. The van der Waals surface area contributed by atoms with Gasteiger partial charge in [0, 0.05) is 107 Å². The van der Waals surface area contributed by atoms with Crippen molar-refractivity contribution in [2.45, 2.75) is 199 Å². The molecule has 33 heteroatoms. The Morgan fingerprint density at radius 3 is 1.56 bits per heavy atom. The largest absolute Gasteiger partial charge is 0.481 e. The number of nitrogens with two attached hydrogens (primary N) is 3. The second-order valence-corrected chi connectivity index (χ2v) is 24.9. The molecular formula is C65H96N10O23. The molecule has 6 amide bonds. The van der Waals surface area contributed by atoms with Crippen molar-refractivity contribution in [3.63, 3.8) is 0 Å². The van der Waals surface area contributed by atoms with E-state index in [0.717, 1.165) is 0 Å². The number of benzene rings is 1. The first kappa shape index (κ1) is 84.7. The summed E-state index contributed by atoms with van der Waals surface area (Å²) < 4.78 is 5.58. The van der Waals surface area contributed by atoms with Crippen LogP contribution in [-0.4, -0.2) is 205 Å². The molecule has 1 aliphatic rings. The van der Waals surface area contributed by atoms with Crippen LogP contribution in [-0.2, 0) is 87.9 Å². The molecule has 16 N–H and O–H groups in total. The van der Waals surface area contributed by atoms with Crippen LogP contribution in [0.4, 0.5) is 0 Å². The normalized spacial score (nSPS) is 15.4. The number of rotatable bonds is 51. The Hall–Kier alpha value is -9.40. The predicted octanol–water partition coefficient (Wildman–Crippen LogP) is 0.156. The summed E-state index contributed by atoms with van der Waals surface area (Å²) in [4.78, 5) is 226. The summed E-state index contributed by atoms with van der Waals surface area (Å²) >= 11 is 0. The van der Waals surface area contributed by atoms with Gasteiger partial charge in [0.2, 0.25) is 35.4 Å². The van der Waals surface area contributed by atoms with E-state index in [9.17, 15) is 102 Å². The maximum atomic E-state index is 14.4. The summed E-state index contributed by atoms with van der Waals surface area (Å²) in [5, 5.41) is 60.0. The highest BCUT2D eigenvalue weighted by atomic mass is 16.5. The number of nitrogens with one attached hydrogen (secondary N) is 5. The fourth-order valence-corrected chi connectivity index (χ4v) is 10.7. The minimum Gasteiger partial charge on any atom is -0.481 e. The number of aliphatic carboxylic acids is 5. The van der Waals surface area contributed by atoms with Crippen LogP contribution < -0.4 is 43.8 Å². The van der Waals surface area contributed by atoms with Crippen molar-refractivity contribution < 1.29 is 112 Å². The molecule has 1 saturated heterocycles. The van der Waals surface area contributed by atoms with E-state index >= 15 is 0 Å². The highest BCUT2D eigenvalue weighted by Crippen LogP contribution is 2.24. The second kappa shape index (κ2) is 43.7. The van der Waals surface area contributed by atoms with Crippen molar-refractivity contribution in [2.24, 2.45) is 51.8 Å². The molecule has 1 aromatic rings. The van der Waals surface area contributed by atoms with E-state index in [2.05, 4.69) is 31.6 Å². The molecule has 544 valence electrons. The van der Waals surface area contributed by atoms with Crippen molar-refractivity contribution in [1.82, 2.24) is 31.5 Å². The number of guanidine groups is 1. The number of hydrogen-bond donors (Lipinski definition) is 13. The molecule has 0 bridgehead atoms. The molecule has 0 radical (unpaired) electrons. The van der Waals surface area contributed by atoms with E-state index < -0.39 is 226 Å². The number of ether oxygens (including phenoxy) is 1. The van der Waals surface area contributed by atoms with E-state index in [1.54, 1.807) is 6.92 Å². The van der Waals surface area contributed by atoms with Gasteiger partial charge < -0.3 is 79.0 Å². The lowest BCUT2D eigenvalue weighted by Gasteiger charge is -2.30. The van der Waals surface area contributed by atoms with E-state index in [4.69, 9.17) is 27.0 Å². The van der Waals surface area contributed by atoms with Gasteiger partial charge in [-0.1, -0.05) is 45.0 Å². The molecule has 0 saturated carbocycles. The Morgan fingerprint density at radius 2 is 1.07 bits per heavy atom. The Morgan fingerprint density at radius 1 is 0.582 bits per heavy atom.